The Hall–Kier alpha value is -2.31. The minimum absolute atomic E-state index is 0.316. The SMILES string of the molecule is C=C(C)C(=O)C(CC(=O)O)(C(=O)O)C(=O)C=O. The van der Waals surface area contributed by atoms with Gasteiger partial charge in [-0.3, -0.25) is 24.0 Å². The lowest BCUT2D eigenvalue weighted by Crippen LogP contribution is -2.49. The fourth-order valence-electron chi connectivity index (χ4n) is 1.25. The van der Waals surface area contributed by atoms with Gasteiger partial charge < -0.3 is 10.2 Å². The number of hydrogen-bond acceptors (Lipinski definition) is 5. The van der Waals surface area contributed by atoms with Gasteiger partial charge in [-0.1, -0.05) is 6.58 Å². The van der Waals surface area contributed by atoms with Crippen molar-refractivity contribution in [3.05, 3.63) is 12.2 Å². The average molecular weight is 242 g/mol. The van der Waals surface area contributed by atoms with Crippen LogP contribution in [0.2, 0.25) is 0 Å². The first-order valence-corrected chi connectivity index (χ1v) is 4.35. The van der Waals surface area contributed by atoms with E-state index in [0.717, 1.165) is 6.92 Å². The van der Waals surface area contributed by atoms with Gasteiger partial charge in [0.05, 0.1) is 6.42 Å². The molecule has 1 atom stereocenters. The van der Waals surface area contributed by atoms with Crippen molar-refractivity contribution < 1.29 is 34.2 Å². The van der Waals surface area contributed by atoms with E-state index in [4.69, 9.17) is 10.2 Å². The number of aliphatic carboxylic acids is 2. The summed E-state index contributed by atoms with van der Waals surface area (Å²) >= 11 is 0. The molecule has 0 rings (SSSR count). The molecule has 0 bridgehead atoms. The zero-order valence-corrected chi connectivity index (χ0v) is 8.93. The summed E-state index contributed by atoms with van der Waals surface area (Å²) in [6.07, 6.45) is -1.68. The van der Waals surface area contributed by atoms with Crippen molar-refractivity contribution in [1.29, 1.82) is 0 Å². The molecule has 0 amide bonds. The molecule has 17 heavy (non-hydrogen) atoms. The van der Waals surface area contributed by atoms with Crippen LogP contribution in [0.5, 0.6) is 0 Å². The summed E-state index contributed by atoms with van der Waals surface area (Å²) in [6, 6.07) is 0. The molecule has 0 saturated carbocycles. The minimum Gasteiger partial charge on any atom is -0.481 e. The van der Waals surface area contributed by atoms with Gasteiger partial charge in [0.2, 0.25) is 11.2 Å². The first-order valence-electron chi connectivity index (χ1n) is 4.35. The lowest BCUT2D eigenvalue weighted by atomic mass is 9.74. The van der Waals surface area contributed by atoms with Crippen molar-refractivity contribution in [3.8, 4) is 0 Å². The van der Waals surface area contributed by atoms with E-state index >= 15 is 0 Å². The first-order chi connectivity index (χ1) is 7.70. The Morgan fingerprint density at radius 1 is 1.24 bits per heavy atom. The number of rotatable bonds is 7. The molecule has 7 nitrogen and oxygen atoms in total. The highest BCUT2D eigenvalue weighted by Crippen LogP contribution is 2.28. The number of carboxylic acid groups (broad SMARTS) is 2. The highest BCUT2D eigenvalue weighted by molar-refractivity contribution is 6.42. The van der Waals surface area contributed by atoms with Gasteiger partial charge in [0.25, 0.3) is 0 Å². The number of aldehydes is 1. The molecule has 0 spiro atoms. The average Bonchev–Trinajstić information content (AvgIpc) is 2.22. The van der Waals surface area contributed by atoms with Crippen LogP contribution >= 0.6 is 0 Å². The van der Waals surface area contributed by atoms with E-state index in [0.29, 0.717) is 0 Å². The van der Waals surface area contributed by atoms with Crippen LogP contribution in [0.3, 0.4) is 0 Å². The molecule has 0 fully saturated rings. The van der Waals surface area contributed by atoms with Crippen LogP contribution < -0.4 is 0 Å². The minimum atomic E-state index is -2.92. The van der Waals surface area contributed by atoms with Gasteiger partial charge in [-0.25, -0.2) is 0 Å². The maximum absolute atomic E-state index is 11.6. The van der Waals surface area contributed by atoms with Gasteiger partial charge in [0.15, 0.2) is 12.1 Å². The Kier molecular flexibility index (Phi) is 4.45. The summed E-state index contributed by atoms with van der Waals surface area (Å²) in [5.41, 5.74) is -3.23. The Balaban J connectivity index is 5.90. The van der Waals surface area contributed by atoms with Crippen LogP contribution in [-0.4, -0.2) is 40.0 Å². The number of carboxylic acids is 2. The van der Waals surface area contributed by atoms with Gasteiger partial charge in [0.1, 0.15) is 0 Å². The van der Waals surface area contributed by atoms with Gasteiger partial charge in [-0.05, 0) is 12.5 Å². The second-order valence-electron chi connectivity index (χ2n) is 3.37. The third-order valence-corrected chi connectivity index (χ3v) is 2.08. The molecular weight excluding hydrogens is 232 g/mol. The number of hydrogen-bond donors (Lipinski definition) is 2. The van der Waals surface area contributed by atoms with Crippen molar-refractivity contribution in [2.45, 2.75) is 13.3 Å². The monoisotopic (exact) mass is 242 g/mol. The maximum Gasteiger partial charge on any atom is 0.326 e. The molecule has 0 aromatic carbocycles. The Morgan fingerprint density at radius 3 is 1.94 bits per heavy atom. The van der Waals surface area contributed by atoms with E-state index in [1.54, 1.807) is 0 Å². The summed E-state index contributed by atoms with van der Waals surface area (Å²) in [4.78, 5) is 54.8. The number of carbonyl (C=O) groups excluding carboxylic acids is 3. The summed E-state index contributed by atoms with van der Waals surface area (Å²) in [5.74, 6) is -6.56. The highest BCUT2D eigenvalue weighted by Gasteiger charge is 2.54. The Labute approximate surface area is 95.7 Å². The lowest BCUT2D eigenvalue weighted by molar-refractivity contribution is -0.165. The van der Waals surface area contributed by atoms with E-state index in [9.17, 15) is 24.0 Å². The largest absolute Gasteiger partial charge is 0.481 e. The summed E-state index contributed by atoms with van der Waals surface area (Å²) in [5, 5.41) is 17.4. The van der Waals surface area contributed by atoms with Crippen molar-refractivity contribution in [2.75, 3.05) is 0 Å². The lowest BCUT2D eigenvalue weighted by Gasteiger charge is -2.22. The molecule has 0 saturated heterocycles. The number of ketones is 2. The van der Waals surface area contributed by atoms with Crippen LogP contribution in [0.25, 0.3) is 0 Å². The third-order valence-electron chi connectivity index (χ3n) is 2.08. The van der Waals surface area contributed by atoms with E-state index in [2.05, 4.69) is 6.58 Å². The molecule has 0 aliphatic heterocycles. The van der Waals surface area contributed by atoms with Crippen molar-refractivity contribution in [3.63, 3.8) is 0 Å². The van der Waals surface area contributed by atoms with E-state index in [1.165, 1.54) is 0 Å². The molecule has 0 aromatic heterocycles. The zero-order valence-electron chi connectivity index (χ0n) is 8.93. The van der Waals surface area contributed by atoms with Crippen LogP contribution in [0.4, 0.5) is 0 Å². The smallest absolute Gasteiger partial charge is 0.326 e. The van der Waals surface area contributed by atoms with E-state index in [-0.39, 0.29) is 11.9 Å². The van der Waals surface area contributed by atoms with Crippen LogP contribution in [-0.2, 0) is 24.0 Å². The quantitative estimate of drug-likeness (QED) is 0.265. The Morgan fingerprint density at radius 2 is 1.71 bits per heavy atom. The molecular formula is C10H10O7. The number of allylic oxidation sites excluding steroid dienone is 1. The van der Waals surface area contributed by atoms with E-state index in [1.807, 2.05) is 0 Å². The Bertz CT molecular complexity index is 420. The predicted octanol–water partition coefficient (Wildman–Crippen LogP) is -0.555. The van der Waals surface area contributed by atoms with Crippen LogP contribution in [0.1, 0.15) is 13.3 Å². The molecule has 1 unspecified atom stereocenters. The highest BCUT2D eigenvalue weighted by atomic mass is 16.4. The van der Waals surface area contributed by atoms with Gasteiger partial charge in [0, 0.05) is 0 Å². The number of carbonyl (C=O) groups is 5. The second-order valence-corrected chi connectivity index (χ2v) is 3.37. The van der Waals surface area contributed by atoms with Gasteiger partial charge >= 0.3 is 11.9 Å². The molecule has 0 heterocycles. The first kappa shape index (κ1) is 14.7. The molecule has 0 radical (unpaired) electrons. The molecule has 0 aliphatic carbocycles. The zero-order chi connectivity index (χ0) is 13.8. The molecule has 2 N–H and O–H groups in total. The molecule has 92 valence electrons. The maximum atomic E-state index is 11.6. The predicted molar refractivity (Wildman–Crippen MR) is 53.2 cm³/mol. The summed E-state index contributed by atoms with van der Waals surface area (Å²) in [7, 11) is 0. The summed E-state index contributed by atoms with van der Waals surface area (Å²) in [6.45, 7) is 4.28. The number of Topliss-reactive ketones (excluding diaryl/α,β-unsaturated/α-hetero) is 2. The van der Waals surface area contributed by atoms with Crippen molar-refractivity contribution in [1.82, 2.24) is 0 Å². The summed E-state index contributed by atoms with van der Waals surface area (Å²) < 4.78 is 0. The molecule has 0 aliphatic rings. The molecule has 7 heteroatoms. The van der Waals surface area contributed by atoms with Crippen LogP contribution in [0, 0.1) is 5.41 Å². The van der Waals surface area contributed by atoms with Gasteiger partial charge in [-0.15, -0.1) is 0 Å². The van der Waals surface area contributed by atoms with Gasteiger partial charge in [-0.2, -0.15) is 0 Å². The van der Waals surface area contributed by atoms with Crippen molar-refractivity contribution >= 4 is 29.8 Å². The molecule has 0 aromatic rings. The second kappa shape index (κ2) is 5.15. The van der Waals surface area contributed by atoms with Crippen molar-refractivity contribution in [2.24, 2.45) is 5.41 Å². The topological polar surface area (TPSA) is 126 Å². The van der Waals surface area contributed by atoms with E-state index < -0.39 is 35.3 Å². The standard InChI is InChI=1S/C10H10O7/c1-5(2)8(15)10(9(16)17,3-7(13)14)6(12)4-11/h4H,1,3H2,2H3,(H,13,14)(H,16,17). The normalized spacial score (nSPS) is 13.2. The fourth-order valence-corrected chi connectivity index (χ4v) is 1.25. The van der Waals surface area contributed by atoms with Crippen LogP contribution in [0.15, 0.2) is 12.2 Å². The third kappa shape index (κ3) is 2.63. The fraction of sp³-hybridized carbons (Fsp3) is 0.300.